The molecule has 0 amide bonds. The fourth-order valence-corrected chi connectivity index (χ4v) is 4.30. The summed E-state index contributed by atoms with van der Waals surface area (Å²) in [6, 6.07) is 23.4. The molecule has 0 saturated carbocycles. The predicted molar refractivity (Wildman–Crippen MR) is 143 cm³/mol. The Morgan fingerprint density at radius 2 is 1.83 bits per heavy atom. The number of nitrogens with zero attached hydrogens (tertiary/aromatic N) is 4. The molecule has 0 unspecified atom stereocenters. The Morgan fingerprint density at radius 3 is 2.57 bits per heavy atom. The third-order valence-corrected chi connectivity index (χ3v) is 6.13. The van der Waals surface area contributed by atoms with Crippen LogP contribution in [-0.2, 0) is 6.54 Å². The molecule has 0 fully saturated rings. The smallest absolute Gasteiger partial charge is 0.199 e. The van der Waals surface area contributed by atoms with Gasteiger partial charge in [-0.1, -0.05) is 48.0 Å². The number of likely N-dealkylation sites (N-methyl/N-ethyl adjacent to an activating group) is 1. The average molecular weight is 484 g/mol. The lowest BCUT2D eigenvalue weighted by Crippen LogP contribution is -2.18. The van der Waals surface area contributed by atoms with E-state index in [-0.39, 0.29) is 5.88 Å². The van der Waals surface area contributed by atoms with E-state index in [1.54, 1.807) is 6.07 Å². The molecular formula is C28H26ClN5O. The van der Waals surface area contributed by atoms with Crippen molar-refractivity contribution in [2.45, 2.75) is 6.54 Å². The molecule has 176 valence electrons. The first-order valence-electron chi connectivity index (χ1n) is 11.4. The molecule has 3 aromatic carbocycles. The lowest BCUT2D eigenvalue weighted by atomic mass is 10.0. The standard InChI is InChI=1S/C28H26ClN5O/c1-33(2)16-17-34-15-14-30-27(34)20-8-11-22(12-9-20)31-26(19-6-4-3-5-7-19)25-23-13-10-21(29)18-24(23)32-28(25)35/h3-15,18,32,35H,16-17H2,1-2H3. The number of aromatic amines is 1. The van der Waals surface area contributed by atoms with Crippen molar-refractivity contribution in [3.63, 3.8) is 0 Å². The van der Waals surface area contributed by atoms with Crippen molar-refractivity contribution in [3.05, 3.63) is 101 Å². The van der Waals surface area contributed by atoms with E-state index >= 15 is 0 Å². The van der Waals surface area contributed by atoms with Crippen LogP contribution in [0.2, 0.25) is 5.02 Å². The van der Waals surface area contributed by atoms with Crippen molar-refractivity contribution in [1.29, 1.82) is 0 Å². The van der Waals surface area contributed by atoms with Crippen LogP contribution in [0.25, 0.3) is 22.3 Å². The van der Waals surface area contributed by atoms with Gasteiger partial charge in [0.2, 0.25) is 0 Å². The highest BCUT2D eigenvalue weighted by molar-refractivity contribution is 6.31. The summed E-state index contributed by atoms with van der Waals surface area (Å²) in [4.78, 5) is 14.7. The molecule has 0 spiro atoms. The number of aromatic hydroxyl groups is 1. The molecule has 5 rings (SSSR count). The van der Waals surface area contributed by atoms with Gasteiger partial charge in [0, 0.05) is 47.0 Å². The van der Waals surface area contributed by atoms with Crippen LogP contribution in [0.4, 0.5) is 5.69 Å². The molecule has 0 aliphatic heterocycles. The average Bonchev–Trinajstić information content (AvgIpc) is 3.45. The van der Waals surface area contributed by atoms with Gasteiger partial charge in [0.15, 0.2) is 5.88 Å². The van der Waals surface area contributed by atoms with Crippen LogP contribution in [0, 0.1) is 0 Å². The molecule has 0 radical (unpaired) electrons. The zero-order valence-electron chi connectivity index (χ0n) is 19.6. The second kappa shape index (κ2) is 9.78. The van der Waals surface area contributed by atoms with Crippen molar-refractivity contribution in [2.75, 3.05) is 20.6 Å². The van der Waals surface area contributed by atoms with Crippen molar-refractivity contribution < 1.29 is 5.11 Å². The lowest BCUT2D eigenvalue weighted by molar-refractivity contribution is 0.385. The molecule has 0 aliphatic carbocycles. The van der Waals surface area contributed by atoms with E-state index in [1.165, 1.54) is 0 Å². The van der Waals surface area contributed by atoms with E-state index in [4.69, 9.17) is 16.6 Å². The predicted octanol–water partition coefficient (Wildman–Crippen LogP) is 6.12. The molecule has 0 saturated heterocycles. The second-order valence-electron chi connectivity index (χ2n) is 8.66. The first kappa shape index (κ1) is 22.9. The number of halogens is 1. The monoisotopic (exact) mass is 483 g/mol. The summed E-state index contributed by atoms with van der Waals surface area (Å²) in [6.45, 7) is 1.80. The third kappa shape index (κ3) is 4.85. The molecule has 2 N–H and O–H groups in total. The van der Waals surface area contributed by atoms with Gasteiger partial charge in [-0.2, -0.15) is 0 Å². The van der Waals surface area contributed by atoms with Crippen LogP contribution in [0.15, 0.2) is 90.2 Å². The number of imidazole rings is 1. The molecular weight excluding hydrogens is 458 g/mol. The van der Waals surface area contributed by atoms with Crippen LogP contribution >= 0.6 is 11.6 Å². The van der Waals surface area contributed by atoms with Gasteiger partial charge in [0.1, 0.15) is 5.82 Å². The summed E-state index contributed by atoms with van der Waals surface area (Å²) < 4.78 is 2.16. The van der Waals surface area contributed by atoms with Gasteiger partial charge in [0.05, 0.1) is 22.5 Å². The maximum Gasteiger partial charge on any atom is 0.199 e. The number of aromatic nitrogens is 3. The van der Waals surface area contributed by atoms with Crippen LogP contribution in [0.3, 0.4) is 0 Å². The fourth-order valence-electron chi connectivity index (χ4n) is 4.13. The summed E-state index contributed by atoms with van der Waals surface area (Å²) in [7, 11) is 4.13. The maximum atomic E-state index is 10.8. The maximum absolute atomic E-state index is 10.8. The Kier molecular flexibility index (Phi) is 6.40. The van der Waals surface area contributed by atoms with E-state index in [9.17, 15) is 5.11 Å². The minimum absolute atomic E-state index is 0.0596. The van der Waals surface area contributed by atoms with Crippen molar-refractivity contribution >= 4 is 33.9 Å². The van der Waals surface area contributed by atoms with Crippen LogP contribution < -0.4 is 0 Å². The topological polar surface area (TPSA) is 69.4 Å². The molecule has 5 aromatic rings. The van der Waals surface area contributed by atoms with Crippen LogP contribution in [-0.4, -0.2) is 50.9 Å². The number of aliphatic imine (C=N–C) groups is 1. The normalized spacial score (nSPS) is 12.1. The van der Waals surface area contributed by atoms with E-state index < -0.39 is 0 Å². The van der Waals surface area contributed by atoms with Gasteiger partial charge in [-0.3, -0.25) is 0 Å². The quantitative estimate of drug-likeness (QED) is 0.274. The highest BCUT2D eigenvalue weighted by Crippen LogP contribution is 2.33. The van der Waals surface area contributed by atoms with Crippen molar-refractivity contribution in [2.24, 2.45) is 4.99 Å². The largest absolute Gasteiger partial charge is 0.494 e. The minimum Gasteiger partial charge on any atom is -0.494 e. The summed E-state index contributed by atoms with van der Waals surface area (Å²) in [5.41, 5.74) is 4.79. The van der Waals surface area contributed by atoms with Crippen LogP contribution in [0.1, 0.15) is 11.1 Å². The zero-order chi connectivity index (χ0) is 24.4. The number of benzene rings is 3. The third-order valence-electron chi connectivity index (χ3n) is 5.89. The summed E-state index contributed by atoms with van der Waals surface area (Å²) in [6.07, 6.45) is 3.83. The number of hydrogen-bond acceptors (Lipinski definition) is 4. The molecule has 0 aliphatic rings. The Hall–Kier alpha value is -3.87. The van der Waals surface area contributed by atoms with Gasteiger partial charge >= 0.3 is 0 Å². The first-order valence-corrected chi connectivity index (χ1v) is 11.8. The summed E-state index contributed by atoms with van der Waals surface area (Å²) >= 11 is 6.17. The highest BCUT2D eigenvalue weighted by Gasteiger charge is 2.19. The Labute approximate surface area is 209 Å². The number of fused-ring (bicyclic) bond motifs is 1. The van der Waals surface area contributed by atoms with Crippen molar-refractivity contribution in [3.8, 4) is 17.3 Å². The fraction of sp³-hybridized carbons (Fsp3) is 0.143. The van der Waals surface area contributed by atoms with Gasteiger partial charge in [-0.15, -0.1) is 0 Å². The zero-order valence-corrected chi connectivity index (χ0v) is 20.4. The van der Waals surface area contributed by atoms with Gasteiger partial charge in [-0.25, -0.2) is 9.98 Å². The van der Waals surface area contributed by atoms with E-state index in [0.717, 1.165) is 46.6 Å². The van der Waals surface area contributed by atoms with E-state index in [0.29, 0.717) is 16.3 Å². The molecule has 2 heterocycles. The van der Waals surface area contributed by atoms with Crippen LogP contribution in [0.5, 0.6) is 5.88 Å². The van der Waals surface area contributed by atoms with Gasteiger partial charge in [-0.05, 0) is 50.5 Å². The molecule has 0 atom stereocenters. The number of rotatable bonds is 7. The molecule has 35 heavy (non-hydrogen) atoms. The van der Waals surface area contributed by atoms with Gasteiger partial charge < -0.3 is 19.6 Å². The number of H-pyrrole nitrogens is 1. The molecule has 7 heteroatoms. The Morgan fingerprint density at radius 1 is 1.06 bits per heavy atom. The van der Waals surface area contributed by atoms with E-state index in [2.05, 4.69) is 33.5 Å². The Bertz CT molecular complexity index is 1480. The molecule has 2 aromatic heterocycles. The highest BCUT2D eigenvalue weighted by atomic mass is 35.5. The van der Waals surface area contributed by atoms with Gasteiger partial charge in [0.25, 0.3) is 0 Å². The SMILES string of the molecule is CN(C)CCn1ccnc1-c1ccc(N=C(c2ccccc2)c2c(O)[nH]c3cc(Cl)ccc23)cc1. The molecule has 0 bridgehead atoms. The number of nitrogens with one attached hydrogen (secondary N) is 1. The second-order valence-corrected chi connectivity index (χ2v) is 9.10. The Balaban J connectivity index is 1.55. The first-order chi connectivity index (χ1) is 17.0. The van der Waals surface area contributed by atoms with E-state index in [1.807, 2.05) is 79.1 Å². The molecule has 6 nitrogen and oxygen atoms in total. The lowest BCUT2D eigenvalue weighted by Gasteiger charge is -2.12. The summed E-state index contributed by atoms with van der Waals surface area (Å²) in [5, 5.41) is 12.3. The van der Waals surface area contributed by atoms with Crippen molar-refractivity contribution in [1.82, 2.24) is 19.4 Å². The minimum atomic E-state index is 0.0596. The number of hydrogen-bond donors (Lipinski definition) is 2. The summed E-state index contributed by atoms with van der Waals surface area (Å²) in [5.74, 6) is 0.987.